The van der Waals surface area contributed by atoms with E-state index in [0.717, 1.165) is 5.56 Å². The molecule has 0 aliphatic rings. The quantitative estimate of drug-likeness (QED) is 0.797. The Labute approximate surface area is 153 Å². The van der Waals surface area contributed by atoms with E-state index in [1.807, 2.05) is 27.7 Å². The fraction of sp³-hybridized carbons (Fsp3) is 0.316. The van der Waals surface area contributed by atoms with Gasteiger partial charge in [0.05, 0.1) is 17.1 Å². The van der Waals surface area contributed by atoms with Crippen LogP contribution in [0.25, 0.3) is 0 Å². The molecular formula is C19H23NO5S. The number of aromatic carboxylic acids is 1. The van der Waals surface area contributed by atoms with Crippen molar-refractivity contribution >= 4 is 21.7 Å². The summed E-state index contributed by atoms with van der Waals surface area (Å²) in [4.78, 5) is 11.1. The van der Waals surface area contributed by atoms with Crippen LogP contribution in [0.2, 0.25) is 0 Å². The molecule has 0 amide bonds. The van der Waals surface area contributed by atoms with Gasteiger partial charge in [-0.15, -0.1) is 0 Å². The first-order chi connectivity index (χ1) is 12.0. The lowest BCUT2D eigenvalue weighted by molar-refractivity contribution is 0.0697. The first-order valence-corrected chi connectivity index (χ1v) is 9.66. The summed E-state index contributed by atoms with van der Waals surface area (Å²) >= 11 is 0. The number of sulfonamides is 1. The molecule has 0 heterocycles. The Kier molecular flexibility index (Phi) is 5.61. The number of ether oxygens (including phenoxy) is 1. The summed E-state index contributed by atoms with van der Waals surface area (Å²) in [7, 11) is -3.87. The molecule has 0 aliphatic carbocycles. The Morgan fingerprint density at radius 2 is 1.85 bits per heavy atom. The van der Waals surface area contributed by atoms with Gasteiger partial charge in [-0.05, 0) is 48.7 Å². The highest BCUT2D eigenvalue weighted by Gasteiger charge is 2.23. The van der Waals surface area contributed by atoms with E-state index in [4.69, 9.17) is 9.84 Å². The summed E-state index contributed by atoms with van der Waals surface area (Å²) in [5.74, 6) is -0.478. The second kappa shape index (κ2) is 7.37. The van der Waals surface area contributed by atoms with Crippen molar-refractivity contribution in [1.82, 2.24) is 0 Å². The zero-order chi connectivity index (χ0) is 19.5. The molecule has 0 aromatic heterocycles. The molecule has 2 aromatic carbocycles. The Morgan fingerprint density at radius 3 is 2.42 bits per heavy atom. The second-order valence-electron chi connectivity index (χ2n) is 6.83. The lowest BCUT2D eigenvalue weighted by atomic mass is 9.86. The predicted molar refractivity (Wildman–Crippen MR) is 101 cm³/mol. The molecule has 0 saturated carbocycles. The number of hydrogen-bond acceptors (Lipinski definition) is 4. The Morgan fingerprint density at radius 1 is 1.15 bits per heavy atom. The van der Waals surface area contributed by atoms with Gasteiger partial charge < -0.3 is 9.84 Å². The van der Waals surface area contributed by atoms with Crippen molar-refractivity contribution < 1.29 is 23.1 Å². The first-order valence-electron chi connectivity index (χ1n) is 8.18. The van der Waals surface area contributed by atoms with E-state index in [1.165, 1.54) is 30.3 Å². The molecular weight excluding hydrogens is 354 g/mol. The second-order valence-corrected chi connectivity index (χ2v) is 8.51. The molecule has 0 radical (unpaired) electrons. The highest BCUT2D eigenvalue weighted by Crippen LogP contribution is 2.33. The molecule has 140 valence electrons. The average Bonchev–Trinajstić information content (AvgIpc) is 2.54. The maximum atomic E-state index is 12.7. The van der Waals surface area contributed by atoms with Crippen LogP contribution in [0.3, 0.4) is 0 Å². The van der Waals surface area contributed by atoms with Crippen molar-refractivity contribution in [2.24, 2.45) is 0 Å². The van der Waals surface area contributed by atoms with Crippen LogP contribution in [0.1, 0.15) is 43.6 Å². The van der Waals surface area contributed by atoms with E-state index in [1.54, 1.807) is 12.1 Å². The van der Waals surface area contributed by atoms with E-state index in [9.17, 15) is 13.2 Å². The standard InChI is InChI=1S/C19H23NO5S/c1-5-25-17-10-9-15(12-16(17)19(2,3)4)26(23,24)20-14-8-6-7-13(11-14)18(21)22/h6-12,20H,5H2,1-4H3,(H,21,22). The molecule has 7 heteroatoms. The van der Waals surface area contributed by atoms with Crippen LogP contribution in [-0.4, -0.2) is 26.1 Å². The van der Waals surface area contributed by atoms with Crippen molar-refractivity contribution in [3.63, 3.8) is 0 Å². The van der Waals surface area contributed by atoms with Gasteiger partial charge in [0.2, 0.25) is 0 Å². The third kappa shape index (κ3) is 4.54. The molecule has 2 N–H and O–H groups in total. The van der Waals surface area contributed by atoms with Crippen LogP contribution in [-0.2, 0) is 15.4 Å². The third-order valence-corrected chi connectivity index (χ3v) is 5.11. The highest BCUT2D eigenvalue weighted by molar-refractivity contribution is 7.92. The van der Waals surface area contributed by atoms with Gasteiger partial charge in [-0.2, -0.15) is 0 Å². The molecule has 26 heavy (non-hydrogen) atoms. The molecule has 0 saturated heterocycles. The number of hydrogen-bond donors (Lipinski definition) is 2. The van der Waals surface area contributed by atoms with Crippen molar-refractivity contribution in [1.29, 1.82) is 0 Å². The molecule has 0 aliphatic heterocycles. The number of nitrogens with one attached hydrogen (secondary N) is 1. The molecule has 0 spiro atoms. The third-order valence-electron chi connectivity index (χ3n) is 3.73. The Hall–Kier alpha value is -2.54. The van der Waals surface area contributed by atoms with E-state index in [0.29, 0.717) is 12.4 Å². The Balaban J connectivity index is 2.43. The van der Waals surface area contributed by atoms with Gasteiger partial charge >= 0.3 is 5.97 Å². The summed E-state index contributed by atoms with van der Waals surface area (Å²) in [6, 6.07) is 10.4. The fourth-order valence-corrected chi connectivity index (χ4v) is 3.55. The molecule has 2 aromatic rings. The minimum atomic E-state index is -3.87. The van der Waals surface area contributed by atoms with E-state index in [-0.39, 0.29) is 21.6 Å². The van der Waals surface area contributed by atoms with E-state index >= 15 is 0 Å². The summed E-state index contributed by atoms with van der Waals surface area (Å²) < 4.78 is 33.5. The molecule has 0 atom stereocenters. The van der Waals surface area contributed by atoms with Crippen LogP contribution < -0.4 is 9.46 Å². The molecule has 0 bridgehead atoms. The molecule has 2 rings (SSSR count). The van der Waals surface area contributed by atoms with Crippen LogP contribution in [0.4, 0.5) is 5.69 Å². The summed E-state index contributed by atoms with van der Waals surface area (Å²) in [6.07, 6.45) is 0. The number of benzene rings is 2. The lowest BCUT2D eigenvalue weighted by Gasteiger charge is -2.23. The molecule has 0 unspecified atom stereocenters. The molecule has 0 fully saturated rings. The van der Waals surface area contributed by atoms with Gasteiger partial charge in [0.25, 0.3) is 10.0 Å². The zero-order valence-electron chi connectivity index (χ0n) is 15.2. The number of carbonyl (C=O) groups is 1. The van der Waals surface area contributed by atoms with Crippen LogP contribution in [0.5, 0.6) is 5.75 Å². The fourth-order valence-electron chi connectivity index (χ4n) is 2.47. The maximum Gasteiger partial charge on any atom is 0.335 e. The van der Waals surface area contributed by atoms with Gasteiger partial charge in [-0.25, -0.2) is 13.2 Å². The maximum absolute atomic E-state index is 12.7. The number of rotatable bonds is 6. The van der Waals surface area contributed by atoms with Crippen molar-refractivity contribution in [3.05, 3.63) is 53.6 Å². The minimum absolute atomic E-state index is 0.00674. The predicted octanol–water partition coefficient (Wildman–Crippen LogP) is 3.88. The smallest absolute Gasteiger partial charge is 0.335 e. The normalized spacial score (nSPS) is 11.8. The lowest BCUT2D eigenvalue weighted by Crippen LogP contribution is -2.17. The molecule has 6 nitrogen and oxygen atoms in total. The largest absolute Gasteiger partial charge is 0.494 e. The zero-order valence-corrected chi connectivity index (χ0v) is 16.1. The van der Waals surface area contributed by atoms with Gasteiger partial charge in [0, 0.05) is 11.3 Å². The topological polar surface area (TPSA) is 92.7 Å². The van der Waals surface area contributed by atoms with Gasteiger partial charge in [-0.1, -0.05) is 26.8 Å². The Bertz CT molecular complexity index is 914. The highest BCUT2D eigenvalue weighted by atomic mass is 32.2. The summed E-state index contributed by atoms with van der Waals surface area (Å²) in [6.45, 7) is 8.28. The van der Waals surface area contributed by atoms with Gasteiger partial charge in [0.1, 0.15) is 5.75 Å². The van der Waals surface area contributed by atoms with Crippen LogP contribution in [0.15, 0.2) is 47.4 Å². The number of carboxylic acid groups (broad SMARTS) is 1. The first kappa shape index (κ1) is 19.8. The van der Waals surface area contributed by atoms with E-state index in [2.05, 4.69) is 4.72 Å². The summed E-state index contributed by atoms with van der Waals surface area (Å²) in [5, 5.41) is 9.04. The number of anilines is 1. The van der Waals surface area contributed by atoms with Gasteiger partial charge in [0.15, 0.2) is 0 Å². The number of carboxylic acids is 1. The SMILES string of the molecule is CCOc1ccc(S(=O)(=O)Nc2cccc(C(=O)O)c2)cc1C(C)(C)C. The average molecular weight is 377 g/mol. The van der Waals surface area contributed by atoms with Crippen LogP contribution in [0, 0.1) is 0 Å². The monoisotopic (exact) mass is 377 g/mol. The van der Waals surface area contributed by atoms with E-state index < -0.39 is 16.0 Å². The van der Waals surface area contributed by atoms with Gasteiger partial charge in [-0.3, -0.25) is 4.72 Å². The summed E-state index contributed by atoms with van der Waals surface area (Å²) in [5.41, 5.74) is 0.670. The minimum Gasteiger partial charge on any atom is -0.494 e. The van der Waals surface area contributed by atoms with Crippen molar-refractivity contribution in [3.8, 4) is 5.75 Å². The van der Waals surface area contributed by atoms with Crippen molar-refractivity contribution in [2.75, 3.05) is 11.3 Å². The van der Waals surface area contributed by atoms with Crippen LogP contribution >= 0.6 is 0 Å². The van der Waals surface area contributed by atoms with Crippen molar-refractivity contribution in [2.45, 2.75) is 38.0 Å².